The maximum absolute atomic E-state index is 13.1. The van der Waals surface area contributed by atoms with Crippen LogP contribution in [0.2, 0.25) is 0 Å². The van der Waals surface area contributed by atoms with Gasteiger partial charge in [0.25, 0.3) is 0 Å². The van der Waals surface area contributed by atoms with Gasteiger partial charge in [0.15, 0.2) is 11.5 Å². The van der Waals surface area contributed by atoms with Crippen LogP contribution in [0.4, 0.5) is 4.39 Å². The Morgan fingerprint density at radius 2 is 1.51 bits per heavy atom. The lowest BCUT2D eigenvalue weighted by atomic mass is 10.0. The quantitative estimate of drug-likeness (QED) is 0.407. The summed E-state index contributed by atoms with van der Waals surface area (Å²) in [5.41, 5.74) is 0.704. The molecule has 0 amide bonds. The van der Waals surface area contributed by atoms with Gasteiger partial charge in [0.05, 0.1) is 4.90 Å². The van der Waals surface area contributed by atoms with Crippen LogP contribution in [0.15, 0.2) is 71.6 Å². The summed E-state index contributed by atoms with van der Waals surface area (Å²) in [6, 6.07) is 15.7. The zero-order chi connectivity index (χ0) is 25.0. The van der Waals surface area contributed by atoms with Gasteiger partial charge in [0, 0.05) is 38.8 Å². The number of hydrogen-bond donors (Lipinski definition) is 3. The van der Waals surface area contributed by atoms with Crippen LogP contribution in [-0.2, 0) is 10.0 Å². The number of phenols is 2. The molecule has 0 bridgehead atoms. The number of hydrogen-bond acceptors (Lipinski definition) is 7. The van der Waals surface area contributed by atoms with Crippen molar-refractivity contribution in [3.05, 3.63) is 78.1 Å². The minimum absolute atomic E-state index is 0.0784. The predicted octanol–water partition coefficient (Wildman–Crippen LogP) is 3.30. The third-order valence-corrected chi connectivity index (χ3v) is 7.45. The molecule has 1 unspecified atom stereocenters. The van der Waals surface area contributed by atoms with Crippen LogP contribution in [0.3, 0.4) is 0 Å². The second kappa shape index (κ2) is 10.6. The molecule has 186 valence electrons. The number of rotatable bonds is 8. The van der Waals surface area contributed by atoms with Crippen LogP contribution in [0.25, 0.3) is 0 Å². The van der Waals surface area contributed by atoms with Gasteiger partial charge in [-0.3, -0.25) is 4.90 Å². The van der Waals surface area contributed by atoms with E-state index in [2.05, 4.69) is 14.5 Å². The Kier molecular flexibility index (Phi) is 7.56. The van der Waals surface area contributed by atoms with E-state index in [1.807, 2.05) is 7.05 Å². The zero-order valence-electron chi connectivity index (χ0n) is 19.3. The third-order valence-electron chi connectivity index (χ3n) is 6.01. The monoisotopic (exact) mass is 501 g/mol. The van der Waals surface area contributed by atoms with Crippen LogP contribution in [0, 0.1) is 5.82 Å². The highest BCUT2D eigenvalue weighted by atomic mass is 32.2. The summed E-state index contributed by atoms with van der Waals surface area (Å²) < 4.78 is 47.4. The molecule has 0 saturated carbocycles. The Balaban J connectivity index is 1.48. The summed E-state index contributed by atoms with van der Waals surface area (Å²) in [5.74, 6) is 0.00984. The molecular formula is C25H28FN3O5S. The van der Waals surface area contributed by atoms with Crippen LogP contribution in [0.1, 0.15) is 11.6 Å². The second-order valence-corrected chi connectivity index (χ2v) is 10.2. The Morgan fingerprint density at radius 3 is 2.11 bits per heavy atom. The average molecular weight is 502 g/mol. The number of benzene rings is 3. The Morgan fingerprint density at radius 1 is 0.914 bits per heavy atom. The van der Waals surface area contributed by atoms with Gasteiger partial charge in [0.1, 0.15) is 17.3 Å². The number of nitrogens with zero attached hydrogens (tertiary/aromatic N) is 2. The molecule has 8 nitrogen and oxygen atoms in total. The molecule has 3 aromatic carbocycles. The van der Waals surface area contributed by atoms with Gasteiger partial charge in [0.2, 0.25) is 10.0 Å². The van der Waals surface area contributed by atoms with Crippen molar-refractivity contribution in [3.8, 4) is 23.0 Å². The van der Waals surface area contributed by atoms with Gasteiger partial charge >= 0.3 is 0 Å². The number of aromatic hydroxyl groups is 2. The van der Waals surface area contributed by atoms with E-state index in [0.29, 0.717) is 17.1 Å². The van der Waals surface area contributed by atoms with Crippen molar-refractivity contribution in [1.29, 1.82) is 0 Å². The lowest BCUT2D eigenvalue weighted by Crippen LogP contribution is -2.48. The van der Waals surface area contributed by atoms with Crippen molar-refractivity contribution in [3.63, 3.8) is 0 Å². The number of piperazine rings is 1. The Hall–Kier alpha value is -3.18. The van der Waals surface area contributed by atoms with Gasteiger partial charge in [-0.2, -0.15) is 0 Å². The molecule has 1 aliphatic rings. The molecule has 4 rings (SSSR count). The molecule has 0 radical (unpaired) electrons. The molecule has 0 aliphatic carbocycles. The predicted molar refractivity (Wildman–Crippen MR) is 130 cm³/mol. The van der Waals surface area contributed by atoms with Gasteiger partial charge in [-0.1, -0.05) is 6.07 Å². The molecule has 0 aromatic heterocycles. The fourth-order valence-corrected chi connectivity index (χ4v) is 4.97. The van der Waals surface area contributed by atoms with E-state index < -0.39 is 10.0 Å². The van der Waals surface area contributed by atoms with Crippen molar-refractivity contribution in [1.82, 2.24) is 14.5 Å². The van der Waals surface area contributed by atoms with E-state index in [0.717, 1.165) is 26.2 Å². The zero-order valence-corrected chi connectivity index (χ0v) is 20.1. The summed E-state index contributed by atoms with van der Waals surface area (Å²) >= 11 is 0. The van der Waals surface area contributed by atoms with Gasteiger partial charge < -0.3 is 19.8 Å². The highest BCUT2D eigenvalue weighted by Crippen LogP contribution is 2.31. The third kappa shape index (κ3) is 6.29. The number of likely N-dealkylation sites (N-methyl/N-ethyl adjacent to an activating group) is 1. The fourth-order valence-electron chi connectivity index (χ4n) is 3.94. The van der Waals surface area contributed by atoms with E-state index >= 15 is 0 Å². The first-order valence-corrected chi connectivity index (χ1v) is 12.7. The Bertz CT molecular complexity index is 1250. The molecule has 1 saturated heterocycles. The Labute approximate surface area is 204 Å². The molecule has 0 spiro atoms. The van der Waals surface area contributed by atoms with E-state index in [-0.39, 0.29) is 34.8 Å². The van der Waals surface area contributed by atoms with Gasteiger partial charge in [-0.25, -0.2) is 17.5 Å². The topological polar surface area (TPSA) is 102 Å². The summed E-state index contributed by atoms with van der Waals surface area (Å²) in [5, 5.41) is 19.7. The maximum atomic E-state index is 13.1. The molecule has 3 aromatic rings. The molecule has 1 aliphatic heterocycles. The molecular weight excluding hydrogens is 473 g/mol. The fraction of sp³-hybridized carbons (Fsp3) is 0.280. The molecule has 1 atom stereocenters. The number of halogens is 1. The van der Waals surface area contributed by atoms with E-state index in [1.165, 1.54) is 60.7 Å². The first-order chi connectivity index (χ1) is 16.7. The van der Waals surface area contributed by atoms with Crippen LogP contribution in [-0.4, -0.2) is 68.2 Å². The van der Waals surface area contributed by atoms with Crippen LogP contribution in [0.5, 0.6) is 23.0 Å². The first kappa shape index (κ1) is 24.9. The number of phenolic OH excluding ortho intramolecular Hbond substituents is 2. The van der Waals surface area contributed by atoms with E-state index in [4.69, 9.17) is 4.74 Å². The summed E-state index contributed by atoms with van der Waals surface area (Å²) in [4.78, 5) is 4.44. The lowest BCUT2D eigenvalue weighted by molar-refractivity contribution is 0.112. The largest absolute Gasteiger partial charge is 0.504 e. The highest BCUT2D eigenvalue weighted by Gasteiger charge is 2.26. The summed E-state index contributed by atoms with van der Waals surface area (Å²) in [6.45, 7) is 3.23. The number of sulfonamides is 1. The van der Waals surface area contributed by atoms with Crippen molar-refractivity contribution in [2.24, 2.45) is 0 Å². The number of ether oxygens (including phenoxy) is 1. The van der Waals surface area contributed by atoms with Gasteiger partial charge in [-0.15, -0.1) is 0 Å². The van der Waals surface area contributed by atoms with Crippen molar-refractivity contribution < 1.29 is 27.8 Å². The van der Waals surface area contributed by atoms with Crippen LogP contribution < -0.4 is 9.46 Å². The van der Waals surface area contributed by atoms with Crippen LogP contribution >= 0.6 is 0 Å². The molecule has 10 heteroatoms. The normalized spacial score (nSPS) is 16.2. The number of nitrogens with one attached hydrogen (secondary N) is 1. The van der Waals surface area contributed by atoms with Crippen molar-refractivity contribution >= 4 is 10.0 Å². The first-order valence-electron chi connectivity index (χ1n) is 11.2. The SMILES string of the molecule is CN1CCN(C(CNS(=O)(=O)c2ccc(Oc3ccc(F)cc3)cc2)c2ccc(O)c(O)c2)CC1. The summed E-state index contributed by atoms with van der Waals surface area (Å²) in [7, 11) is -1.80. The lowest BCUT2D eigenvalue weighted by Gasteiger charge is -2.38. The average Bonchev–Trinajstić information content (AvgIpc) is 2.84. The minimum atomic E-state index is -3.83. The highest BCUT2D eigenvalue weighted by molar-refractivity contribution is 7.89. The standard InChI is InChI=1S/C25H28FN3O5S/c1-28-12-14-29(15-13-28)23(18-2-11-24(30)25(31)16-18)17-27-35(32,33)22-9-7-21(8-10-22)34-20-5-3-19(26)4-6-20/h2-11,16,23,27,30-31H,12-15,17H2,1H3. The molecule has 1 heterocycles. The van der Waals surface area contributed by atoms with Gasteiger partial charge in [-0.05, 0) is 73.3 Å². The molecule has 1 fully saturated rings. The molecule has 3 N–H and O–H groups in total. The summed E-state index contributed by atoms with van der Waals surface area (Å²) in [6.07, 6.45) is 0. The smallest absolute Gasteiger partial charge is 0.240 e. The van der Waals surface area contributed by atoms with E-state index in [9.17, 15) is 23.0 Å². The van der Waals surface area contributed by atoms with Crippen molar-refractivity contribution in [2.45, 2.75) is 10.9 Å². The maximum Gasteiger partial charge on any atom is 0.240 e. The molecule has 35 heavy (non-hydrogen) atoms. The minimum Gasteiger partial charge on any atom is -0.504 e. The van der Waals surface area contributed by atoms with E-state index in [1.54, 1.807) is 6.07 Å². The van der Waals surface area contributed by atoms with Crippen molar-refractivity contribution in [2.75, 3.05) is 39.8 Å². The second-order valence-electron chi connectivity index (χ2n) is 8.48.